The number of fused-ring (bicyclic) bond motifs is 10. The average molecular weight is 1520 g/mol. The Balaban J connectivity index is 0.000000221. The van der Waals surface area contributed by atoms with Crippen molar-refractivity contribution in [1.29, 1.82) is 10.5 Å². The molecule has 4 fully saturated rings. The van der Waals surface area contributed by atoms with Gasteiger partial charge in [-0.3, -0.25) is 29.4 Å². The average Bonchev–Trinajstić information content (AvgIpc) is 1.51. The van der Waals surface area contributed by atoms with Crippen molar-refractivity contribution < 1.29 is 58.3 Å². The number of hydrogen-bond donors (Lipinski definition) is 4. The summed E-state index contributed by atoms with van der Waals surface area (Å²) < 4.78 is 48.1. The third-order valence-corrected chi connectivity index (χ3v) is 26.5. The first kappa shape index (κ1) is 84.0. The van der Waals surface area contributed by atoms with E-state index in [0.29, 0.717) is 66.3 Å². The van der Waals surface area contributed by atoms with Gasteiger partial charge in [0.15, 0.2) is 57.5 Å². The molecule has 14 rings (SSSR count). The van der Waals surface area contributed by atoms with Gasteiger partial charge < -0.3 is 63.2 Å². The van der Waals surface area contributed by atoms with E-state index in [1.807, 2.05) is 13.8 Å². The van der Waals surface area contributed by atoms with Crippen LogP contribution in [0.3, 0.4) is 0 Å². The molecule has 1 unspecified atom stereocenters. The van der Waals surface area contributed by atoms with Crippen LogP contribution in [0.2, 0.25) is 0 Å². The van der Waals surface area contributed by atoms with E-state index < -0.39 is 5.41 Å². The molecule has 4 saturated heterocycles. The van der Waals surface area contributed by atoms with Crippen molar-refractivity contribution in [3.8, 4) is 69.6 Å². The highest BCUT2D eigenvalue weighted by atomic mass is 16.6. The second-order valence-corrected chi connectivity index (χ2v) is 35.2. The lowest BCUT2D eigenvalue weighted by molar-refractivity contribution is 0.0928. The van der Waals surface area contributed by atoms with Crippen LogP contribution in [0.25, 0.3) is 0 Å². The SMILES string of the molecule is C.C.COCCN1CCC(Cc2c3c(cc4c2C2(CC(C)(C)c5cc(OC)c(OC)c(CN6CCN(CCOC)CC6)c52)CC4(C)C)Oc2c(C#N)c(C)c(C)c(C#N)c2O3)CC1.COCCN1CCN(Cc2c(O)c(O)cc3c2C2(CC3(C)C)CC(C)(C)c3cc(O)c(O)c(CN4CCN(CCOC)CC4)c32)CC1. The van der Waals surface area contributed by atoms with Crippen LogP contribution >= 0.6 is 0 Å². The number of phenolic OH excluding ortho intramolecular Hbond substituents is 4. The Morgan fingerprint density at radius 2 is 0.745 bits per heavy atom. The normalized spacial score (nSPS) is 21.7. The number of benzene rings is 5. The molecule has 1 atom stereocenters. The van der Waals surface area contributed by atoms with Crippen molar-refractivity contribution in [3.05, 3.63) is 113 Å². The minimum absolute atomic E-state index is 0. The first-order valence-electron chi connectivity index (χ1n) is 39.6. The van der Waals surface area contributed by atoms with E-state index in [1.165, 1.54) is 33.4 Å². The first-order valence-corrected chi connectivity index (χ1v) is 39.6. The van der Waals surface area contributed by atoms with Crippen molar-refractivity contribution in [1.82, 2.24) is 34.3 Å². The minimum atomic E-state index is -0.501. The molecule has 5 aromatic rings. The fraction of sp³-hybridized carbons (Fsp3) is 0.640. The topological polar surface area (TPSA) is 225 Å². The Hall–Kier alpha value is -6.96. The highest BCUT2D eigenvalue weighted by Gasteiger charge is 2.62. The summed E-state index contributed by atoms with van der Waals surface area (Å²) in [5.41, 5.74) is 14.0. The zero-order valence-electron chi connectivity index (χ0n) is 67.6. The molecule has 0 radical (unpaired) electrons. The summed E-state index contributed by atoms with van der Waals surface area (Å²) >= 11 is 0. The molecule has 9 aliphatic rings. The summed E-state index contributed by atoms with van der Waals surface area (Å²) in [7, 11) is 10.5. The molecule has 21 nitrogen and oxygen atoms in total. The summed E-state index contributed by atoms with van der Waals surface area (Å²) in [6.07, 6.45) is 6.33. The number of aromatic hydroxyl groups is 4. The number of piperazine rings is 3. The maximum absolute atomic E-state index is 11.7. The highest BCUT2D eigenvalue weighted by Crippen LogP contribution is 2.70. The van der Waals surface area contributed by atoms with Crippen molar-refractivity contribution in [2.45, 2.75) is 181 Å². The number of nitrogens with zero attached hydrogens (tertiary/aromatic N) is 9. The Morgan fingerprint density at radius 1 is 0.418 bits per heavy atom. The monoisotopic (exact) mass is 1520 g/mol. The highest BCUT2D eigenvalue weighted by molar-refractivity contribution is 5.77. The number of ether oxygens (including phenoxy) is 8. The van der Waals surface area contributed by atoms with Gasteiger partial charge in [-0.15, -0.1) is 0 Å². The van der Waals surface area contributed by atoms with E-state index in [2.05, 4.69) is 114 Å². The summed E-state index contributed by atoms with van der Waals surface area (Å²) in [4.78, 5) is 17.2. The van der Waals surface area contributed by atoms with Crippen LogP contribution in [0.1, 0.15) is 198 Å². The minimum Gasteiger partial charge on any atom is -0.504 e. The number of phenols is 4. The van der Waals surface area contributed by atoms with Crippen LogP contribution in [0.15, 0.2) is 24.3 Å². The quantitative estimate of drug-likeness (QED) is 0.0464. The van der Waals surface area contributed by atoms with E-state index in [1.54, 1.807) is 54.8 Å². The molecule has 5 heterocycles. The molecule has 0 amide bonds. The number of rotatable bonds is 22. The first-order chi connectivity index (χ1) is 51.6. The van der Waals surface area contributed by atoms with Gasteiger partial charge in [-0.1, -0.05) is 70.2 Å². The van der Waals surface area contributed by atoms with Gasteiger partial charge in [0.1, 0.15) is 23.3 Å². The van der Waals surface area contributed by atoms with Crippen molar-refractivity contribution in [2.75, 3.05) is 187 Å². The lowest BCUT2D eigenvalue weighted by Crippen LogP contribution is -2.47. The molecule has 2 spiro atoms. The van der Waals surface area contributed by atoms with Crippen molar-refractivity contribution in [2.24, 2.45) is 5.92 Å². The van der Waals surface area contributed by atoms with E-state index in [9.17, 15) is 30.9 Å². The Labute approximate surface area is 656 Å². The van der Waals surface area contributed by atoms with Crippen LogP contribution in [-0.2, 0) is 77.5 Å². The van der Waals surface area contributed by atoms with Gasteiger partial charge in [0.25, 0.3) is 0 Å². The number of likely N-dealkylation sites (tertiary alicyclic amines) is 1. The largest absolute Gasteiger partial charge is 0.504 e. The Morgan fingerprint density at radius 3 is 1.11 bits per heavy atom. The van der Waals surface area contributed by atoms with Gasteiger partial charge in [0.05, 0.1) is 40.6 Å². The molecular formula is C89H129N9O12. The molecule has 4 aliphatic carbocycles. The molecule has 0 aromatic heterocycles. The predicted octanol–water partition coefficient (Wildman–Crippen LogP) is 13.2. The van der Waals surface area contributed by atoms with Gasteiger partial charge in [-0.05, 0) is 179 Å². The maximum atomic E-state index is 11.7. The fourth-order valence-electron chi connectivity index (χ4n) is 21.2. The molecule has 5 aliphatic heterocycles. The van der Waals surface area contributed by atoms with E-state index in [-0.39, 0.29) is 64.9 Å². The van der Waals surface area contributed by atoms with E-state index >= 15 is 0 Å². The summed E-state index contributed by atoms with van der Waals surface area (Å²) in [6, 6.07) is 12.9. The molecule has 4 N–H and O–H groups in total. The molecule has 0 saturated carbocycles. The Bertz CT molecular complexity index is 4150. The smallest absolute Gasteiger partial charge is 0.189 e. The second-order valence-electron chi connectivity index (χ2n) is 35.2. The molecule has 110 heavy (non-hydrogen) atoms. The summed E-state index contributed by atoms with van der Waals surface area (Å²) in [6.45, 7) is 43.7. The molecular weight excluding hydrogens is 1390 g/mol. The lowest BCUT2D eigenvalue weighted by atomic mass is 9.69. The van der Waals surface area contributed by atoms with Crippen LogP contribution in [-0.4, -0.2) is 242 Å². The summed E-state index contributed by atoms with van der Waals surface area (Å²) in [5.74, 6) is 3.80. The van der Waals surface area contributed by atoms with Crippen LogP contribution < -0.4 is 18.9 Å². The van der Waals surface area contributed by atoms with Crippen LogP contribution in [0.4, 0.5) is 0 Å². The van der Waals surface area contributed by atoms with Crippen molar-refractivity contribution in [3.63, 3.8) is 0 Å². The molecule has 0 bridgehead atoms. The lowest BCUT2D eigenvalue weighted by Gasteiger charge is -2.38. The zero-order valence-corrected chi connectivity index (χ0v) is 67.6. The van der Waals surface area contributed by atoms with Crippen LogP contribution in [0.5, 0.6) is 57.5 Å². The van der Waals surface area contributed by atoms with Gasteiger partial charge in [-0.25, -0.2) is 0 Å². The predicted molar refractivity (Wildman–Crippen MR) is 432 cm³/mol. The number of hydrogen-bond acceptors (Lipinski definition) is 21. The number of methoxy groups -OCH3 is 6. The zero-order chi connectivity index (χ0) is 77.2. The van der Waals surface area contributed by atoms with Gasteiger partial charge >= 0.3 is 0 Å². The van der Waals surface area contributed by atoms with Gasteiger partial charge in [0.2, 0.25) is 0 Å². The molecule has 5 aromatic carbocycles. The molecule has 602 valence electrons. The molecule has 21 heteroatoms. The summed E-state index contributed by atoms with van der Waals surface area (Å²) in [5, 5.41) is 66.6. The van der Waals surface area contributed by atoms with Gasteiger partial charge in [-0.2, -0.15) is 10.5 Å². The number of piperidine rings is 1. The third-order valence-electron chi connectivity index (χ3n) is 26.5. The Kier molecular flexibility index (Phi) is 25.4. The standard InChI is InChI=1S/C50H65N5O6.C37H56N4O6.2CH4/c1-31-32(2)36(27-52)47-46(35(31)26-51)60-41-25-39-42(34(45(41)61-47)23-33-11-13-53(14-12-33)19-21-56-7)50(30-49(39,5)6)29-48(3,4)38-24-40(58-9)44(59-10)37(43(38)50)28-55-17-15-54(16-18-55)20-22-57-8;1-35(2)23-37(31-25(33(44)29(42)19-27(31)35)21-40-11-7-38(8-12-40)15-17-46-5)24-36(3,4)28-20-30(43)34(45)26(32(28)37)22-41-13-9-39(10-14-41)16-18-47-6;;/h24-25,33H,11-23,28-30H2,1-10H3;19-20,42-45H,7-18,21-24H2,1-6H3;2*1H4. The number of nitriles is 2. The second kappa shape index (κ2) is 33.2. The van der Waals surface area contributed by atoms with Crippen molar-refractivity contribution >= 4 is 0 Å². The maximum Gasteiger partial charge on any atom is 0.189 e. The fourth-order valence-corrected chi connectivity index (χ4v) is 21.2. The van der Waals surface area contributed by atoms with E-state index in [4.69, 9.17) is 37.9 Å². The van der Waals surface area contributed by atoms with Gasteiger partial charge in [0, 0.05) is 186 Å². The van der Waals surface area contributed by atoms with Crippen LogP contribution in [0, 0.1) is 42.4 Å². The third kappa shape index (κ3) is 15.3. The van der Waals surface area contributed by atoms with E-state index in [0.717, 1.165) is 239 Å².